The number of carbonyl (C=O) groups is 1. The fourth-order valence-electron chi connectivity index (χ4n) is 1.83. The first-order chi connectivity index (χ1) is 10.3. The molecular weight excluding hydrogens is 292 g/mol. The second-order valence-electron chi connectivity index (χ2n) is 7.22. The van der Waals surface area contributed by atoms with Crippen molar-refractivity contribution in [2.24, 2.45) is 0 Å². The molecule has 0 aromatic heterocycles. The summed E-state index contributed by atoms with van der Waals surface area (Å²) in [4.78, 5) is 10.8. The number of rotatable bonds is 9. The first-order valence-corrected chi connectivity index (χ1v) is 10.9. The molecule has 0 fully saturated rings. The highest BCUT2D eigenvalue weighted by Gasteiger charge is 2.37. The van der Waals surface area contributed by atoms with Crippen LogP contribution in [0.4, 0.5) is 0 Å². The highest BCUT2D eigenvalue weighted by molar-refractivity contribution is 6.74. The smallest absolute Gasteiger partial charge is 0.191 e. The Kier molecular flexibility index (Phi) is 7.46. The summed E-state index contributed by atoms with van der Waals surface area (Å²) in [5, 5.41) is 0.206. The topological polar surface area (TPSA) is 35.5 Å². The summed E-state index contributed by atoms with van der Waals surface area (Å²) >= 11 is 0. The number of ether oxygens (including phenoxy) is 1. The SMILES string of the molecule is CC(C)(C)[Si](C)(C)OCC[C@@H](CC=O)OCc1ccccc1. The highest BCUT2D eigenvalue weighted by atomic mass is 28.4. The summed E-state index contributed by atoms with van der Waals surface area (Å²) < 4.78 is 12.0. The second-order valence-corrected chi connectivity index (χ2v) is 12.0. The lowest BCUT2D eigenvalue weighted by atomic mass is 10.2. The molecule has 0 radical (unpaired) electrons. The molecule has 4 heteroatoms. The molecule has 0 unspecified atom stereocenters. The maximum Gasteiger partial charge on any atom is 0.191 e. The van der Waals surface area contributed by atoms with Gasteiger partial charge in [0.2, 0.25) is 0 Å². The van der Waals surface area contributed by atoms with Crippen LogP contribution in [0.15, 0.2) is 30.3 Å². The molecular formula is C18H30O3Si. The van der Waals surface area contributed by atoms with Crippen LogP contribution in [0.2, 0.25) is 18.1 Å². The maximum absolute atomic E-state index is 10.8. The average molecular weight is 323 g/mol. The zero-order valence-electron chi connectivity index (χ0n) is 14.6. The first kappa shape index (κ1) is 19.1. The van der Waals surface area contributed by atoms with E-state index in [0.29, 0.717) is 19.6 Å². The highest BCUT2D eigenvalue weighted by Crippen LogP contribution is 2.36. The van der Waals surface area contributed by atoms with E-state index in [1.165, 1.54) is 0 Å². The van der Waals surface area contributed by atoms with Crippen molar-refractivity contribution in [2.75, 3.05) is 6.61 Å². The van der Waals surface area contributed by atoms with Gasteiger partial charge in [-0.15, -0.1) is 0 Å². The van der Waals surface area contributed by atoms with Crippen LogP contribution in [0.5, 0.6) is 0 Å². The van der Waals surface area contributed by atoms with Crippen LogP contribution < -0.4 is 0 Å². The van der Waals surface area contributed by atoms with Crippen molar-refractivity contribution in [3.63, 3.8) is 0 Å². The Morgan fingerprint density at radius 1 is 1.18 bits per heavy atom. The third kappa shape index (κ3) is 6.42. The van der Waals surface area contributed by atoms with Crippen LogP contribution >= 0.6 is 0 Å². The van der Waals surface area contributed by atoms with Gasteiger partial charge >= 0.3 is 0 Å². The quantitative estimate of drug-likeness (QED) is 0.493. The number of carbonyl (C=O) groups excluding carboxylic acids is 1. The molecule has 0 saturated carbocycles. The van der Waals surface area contributed by atoms with Crippen LogP contribution in [0.3, 0.4) is 0 Å². The largest absolute Gasteiger partial charge is 0.417 e. The van der Waals surface area contributed by atoms with Gasteiger partial charge in [-0.3, -0.25) is 0 Å². The lowest BCUT2D eigenvalue weighted by Gasteiger charge is -2.36. The molecule has 124 valence electrons. The first-order valence-electron chi connectivity index (χ1n) is 7.99. The minimum absolute atomic E-state index is 0.0672. The minimum Gasteiger partial charge on any atom is -0.417 e. The fourth-order valence-corrected chi connectivity index (χ4v) is 2.89. The van der Waals surface area contributed by atoms with Crippen LogP contribution in [0.1, 0.15) is 39.2 Å². The van der Waals surface area contributed by atoms with E-state index >= 15 is 0 Å². The summed E-state index contributed by atoms with van der Waals surface area (Å²) in [7, 11) is -1.73. The Bertz CT molecular complexity index is 437. The van der Waals surface area contributed by atoms with Crippen molar-refractivity contribution in [3.05, 3.63) is 35.9 Å². The molecule has 1 atom stereocenters. The summed E-state index contributed by atoms with van der Waals surface area (Å²) in [5.74, 6) is 0. The van der Waals surface area contributed by atoms with Gasteiger partial charge in [-0.2, -0.15) is 0 Å². The molecule has 1 aromatic rings. The van der Waals surface area contributed by atoms with Crippen molar-refractivity contribution >= 4 is 14.6 Å². The average Bonchev–Trinajstić information content (AvgIpc) is 2.44. The molecule has 0 amide bonds. The van der Waals surface area contributed by atoms with E-state index in [1.54, 1.807) is 0 Å². The molecule has 0 aliphatic carbocycles. The van der Waals surface area contributed by atoms with Gasteiger partial charge in [0.25, 0.3) is 0 Å². The van der Waals surface area contributed by atoms with Crippen molar-refractivity contribution in [2.45, 2.75) is 64.5 Å². The Morgan fingerprint density at radius 3 is 2.36 bits per heavy atom. The zero-order chi connectivity index (χ0) is 16.6. The van der Waals surface area contributed by atoms with E-state index in [2.05, 4.69) is 33.9 Å². The minimum atomic E-state index is -1.73. The van der Waals surface area contributed by atoms with Crippen molar-refractivity contribution in [1.29, 1.82) is 0 Å². The molecule has 22 heavy (non-hydrogen) atoms. The number of hydrogen-bond acceptors (Lipinski definition) is 3. The Hall–Kier alpha value is -0.973. The molecule has 1 rings (SSSR count). The van der Waals surface area contributed by atoms with Gasteiger partial charge in [0, 0.05) is 13.0 Å². The van der Waals surface area contributed by atoms with Gasteiger partial charge in [-0.1, -0.05) is 51.1 Å². The molecule has 1 aromatic carbocycles. The van der Waals surface area contributed by atoms with Crippen LogP contribution in [0.25, 0.3) is 0 Å². The van der Waals surface area contributed by atoms with E-state index in [4.69, 9.17) is 9.16 Å². The van der Waals surface area contributed by atoms with Crippen molar-refractivity contribution < 1.29 is 14.0 Å². The van der Waals surface area contributed by atoms with E-state index in [1.807, 2.05) is 30.3 Å². The van der Waals surface area contributed by atoms with E-state index in [0.717, 1.165) is 18.3 Å². The molecule has 0 saturated heterocycles. The van der Waals surface area contributed by atoms with Gasteiger partial charge in [-0.05, 0) is 30.1 Å². The van der Waals surface area contributed by atoms with Crippen LogP contribution in [0, 0.1) is 0 Å². The molecule has 0 N–H and O–H groups in total. The molecule has 0 aliphatic heterocycles. The Morgan fingerprint density at radius 2 is 1.82 bits per heavy atom. The van der Waals surface area contributed by atoms with Gasteiger partial charge in [0.05, 0.1) is 12.7 Å². The van der Waals surface area contributed by atoms with Gasteiger partial charge in [0.15, 0.2) is 8.32 Å². The summed E-state index contributed by atoms with van der Waals surface area (Å²) in [6.45, 7) is 12.4. The van der Waals surface area contributed by atoms with Crippen molar-refractivity contribution in [1.82, 2.24) is 0 Å². The predicted octanol–water partition coefficient (Wildman–Crippen LogP) is 4.57. The molecule has 0 heterocycles. The summed E-state index contributed by atoms with van der Waals surface area (Å²) in [6.07, 6.45) is 2.05. The third-order valence-electron chi connectivity index (χ3n) is 4.40. The summed E-state index contributed by atoms with van der Waals surface area (Å²) in [5.41, 5.74) is 1.13. The fraction of sp³-hybridized carbons (Fsp3) is 0.611. The lowest BCUT2D eigenvalue weighted by Crippen LogP contribution is -2.41. The predicted molar refractivity (Wildman–Crippen MR) is 93.5 cm³/mol. The number of aldehydes is 1. The number of hydrogen-bond donors (Lipinski definition) is 0. The van der Waals surface area contributed by atoms with Gasteiger partial charge in [-0.25, -0.2) is 0 Å². The molecule has 0 aliphatic rings. The number of benzene rings is 1. The Labute approximate surface area is 136 Å². The maximum atomic E-state index is 10.8. The van der Waals surface area contributed by atoms with Crippen LogP contribution in [-0.2, 0) is 20.6 Å². The molecule has 0 spiro atoms. The monoisotopic (exact) mass is 322 g/mol. The second kappa shape index (κ2) is 8.60. The normalized spacial score (nSPS) is 13.9. The molecule has 3 nitrogen and oxygen atoms in total. The van der Waals surface area contributed by atoms with E-state index < -0.39 is 8.32 Å². The lowest BCUT2D eigenvalue weighted by molar-refractivity contribution is -0.111. The molecule has 0 bridgehead atoms. The van der Waals surface area contributed by atoms with E-state index in [9.17, 15) is 4.79 Å². The van der Waals surface area contributed by atoms with Gasteiger partial charge < -0.3 is 14.0 Å². The van der Waals surface area contributed by atoms with Crippen molar-refractivity contribution in [3.8, 4) is 0 Å². The van der Waals surface area contributed by atoms with Gasteiger partial charge in [0.1, 0.15) is 6.29 Å². The third-order valence-corrected chi connectivity index (χ3v) is 8.93. The summed E-state index contributed by atoms with van der Waals surface area (Å²) in [6, 6.07) is 10.0. The standard InChI is InChI=1S/C18H30O3Si/c1-18(2,3)22(4,5)21-14-12-17(11-13-19)20-15-16-9-7-6-8-10-16/h6-10,13,17H,11-12,14-15H2,1-5H3/t17-/m1/s1. The van der Waals surface area contributed by atoms with Crippen LogP contribution in [-0.4, -0.2) is 27.3 Å². The Balaban J connectivity index is 2.43. The zero-order valence-corrected chi connectivity index (χ0v) is 15.6. The van der Waals surface area contributed by atoms with E-state index in [-0.39, 0.29) is 11.1 Å².